The van der Waals surface area contributed by atoms with Gasteiger partial charge in [-0.3, -0.25) is 9.69 Å². The summed E-state index contributed by atoms with van der Waals surface area (Å²) >= 11 is 19.0. The second-order valence-corrected chi connectivity index (χ2v) is 11.2. The van der Waals surface area contributed by atoms with Gasteiger partial charge in [-0.2, -0.15) is 0 Å². The zero-order valence-corrected chi connectivity index (χ0v) is 24.6. The van der Waals surface area contributed by atoms with Crippen LogP contribution in [0.25, 0.3) is 11.3 Å². The second kappa shape index (κ2) is 12.8. The van der Waals surface area contributed by atoms with Gasteiger partial charge in [-0.25, -0.2) is 0 Å². The number of ether oxygens (including phenoxy) is 1. The number of carbonyl (C=O) groups excluding carboxylic acids is 1. The van der Waals surface area contributed by atoms with E-state index in [2.05, 4.69) is 35.2 Å². The number of carbonyl (C=O) groups is 1. The standard InChI is InChI=1S/C31H30Cl3N3O3/c1-20-5-3-6-22(17-20)19-39-27(23-9-11-24(32)12-10-23)18-36-13-15-37(16-14-36)31(38)28-21(2)40-35-30(28)29-25(33)7-4-8-26(29)34/h3-12,17,27H,13-16,18-19H2,1-2H3/t27-/m0/s1. The number of benzene rings is 3. The molecule has 1 saturated heterocycles. The van der Waals surface area contributed by atoms with Crippen LogP contribution in [0, 0.1) is 13.8 Å². The van der Waals surface area contributed by atoms with E-state index in [-0.39, 0.29) is 12.0 Å². The Hall–Kier alpha value is -2.87. The van der Waals surface area contributed by atoms with E-state index in [0.29, 0.717) is 77.0 Å². The molecule has 0 aliphatic carbocycles. The molecule has 1 fully saturated rings. The number of hydrogen-bond acceptors (Lipinski definition) is 5. The zero-order valence-electron chi connectivity index (χ0n) is 22.4. The highest BCUT2D eigenvalue weighted by Crippen LogP contribution is 2.37. The molecule has 1 atom stereocenters. The first-order chi connectivity index (χ1) is 19.3. The van der Waals surface area contributed by atoms with Gasteiger partial charge in [0.05, 0.1) is 22.8 Å². The summed E-state index contributed by atoms with van der Waals surface area (Å²) in [5.74, 6) is 0.292. The van der Waals surface area contributed by atoms with Crippen LogP contribution < -0.4 is 0 Å². The molecule has 5 rings (SSSR count). The molecule has 208 valence electrons. The first-order valence-electron chi connectivity index (χ1n) is 13.1. The Morgan fingerprint density at radius 3 is 2.30 bits per heavy atom. The third-order valence-electron chi connectivity index (χ3n) is 7.14. The summed E-state index contributed by atoms with van der Waals surface area (Å²) < 4.78 is 11.9. The molecule has 3 aromatic carbocycles. The van der Waals surface area contributed by atoms with Crippen LogP contribution in [-0.2, 0) is 11.3 Å². The summed E-state index contributed by atoms with van der Waals surface area (Å²) in [7, 11) is 0. The number of rotatable bonds is 8. The van der Waals surface area contributed by atoms with Crippen molar-refractivity contribution in [3.8, 4) is 11.3 Å². The Kier molecular flexibility index (Phi) is 9.13. The Balaban J connectivity index is 1.27. The summed E-state index contributed by atoms with van der Waals surface area (Å²) in [5, 5.41) is 5.66. The van der Waals surface area contributed by atoms with Crippen molar-refractivity contribution >= 4 is 40.7 Å². The molecule has 0 spiro atoms. The molecular weight excluding hydrogens is 569 g/mol. The maximum Gasteiger partial charge on any atom is 0.259 e. The van der Waals surface area contributed by atoms with Crippen molar-refractivity contribution in [2.24, 2.45) is 0 Å². The minimum Gasteiger partial charge on any atom is -0.368 e. The van der Waals surface area contributed by atoms with Crippen LogP contribution in [0.2, 0.25) is 15.1 Å². The van der Waals surface area contributed by atoms with Gasteiger partial charge in [0.1, 0.15) is 17.0 Å². The van der Waals surface area contributed by atoms with Gasteiger partial charge < -0.3 is 14.2 Å². The molecule has 9 heteroatoms. The van der Waals surface area contributed by atoms with Gasteiger partial charge in [-0.1, -0.05) is 88.0 Å². The van der Waals surface area contributed by atoms with Gasteiger partial charge in [-0.05, 0) is 49.2 Å². The van der Waals surface area contributed by atoms with E-state index in [0.717, 1.165) is 11.1 Å². The summed E-state index contributed by atoms with van der Waals surface area (Å²) in [4.78, 5) is 17.8. The third kappa shape index (κ3) is 6.54. The minimum absolute atomic E-state index is 0.144. The highest BCUT2D eigenvalue weighted by molar-refractivity contribution is 6.39. The van der Waals surface area contributed by atoms with Crippen molar-refractivity contribution in [3.63, 3.8) is 0 Å². The fourth-order valence-corrected chi connectivity index (χ4v) is 5.68. The molecule has 0 bridgehead atoms. The first-order valence-corrected chi connectivity index (χ1v) is 14.3. The van der Waals surface area contributed by atoms with Crippen molar-refractivity contribution in [3.05, 3.63) is 110 Å². The van der Waals surface area contributed by atoms with E-state index in [1.807, 2.05) is 35.2 Å². The largest absolute Gasteiger partial charge is 0.368 e. The van der Waals surface area contributed by atoms with Crippen LogP contribution in [0.3, 0.4) is 0 Å². The first kappa shape index (κ1) is 28.7. The summed E-state index contributed by atoms with van der Waals surface area (Å²) in [6, 6.07) is 21.3. The number of nitrogens with zero attached hydrogens (tertiary/aromatic N) is 3. The quantitative estimate of drug-likeness (QED) is 0.209. The van der Waals surface area contributed by atoms with Gasteiger partial charge >= 0.3 is 0 Å². The molecule has 0 saturated carbocycles. The molecule has 4 aromatic rings. The van der Waals surface area contributed by atoms with Crippen molar-refractivity contribution in [2.75, 3.05) is 32.7 Å². The lowest BCUT2D eigenvalue weighted by atomic mass is 10.0. The molecular formula is C31H30Cl3N3O3. The topological polar surface area (TPSA) is 58.8 Å². The highest BCUT2D eigenvalue weighted by Gasteiger charge is 2.31. The van der Waals surface area contributed by atoms with Crippen molar-refractivity contribution < 1.29 is 14.1 Å². The van der Waals surface area contributed by atoms with Crippen molar-refractivity contribution in [1.29, 1.82) is 0 Å². The molecule has 0 unspecified atom stereocenters. The van der Waals surface area contributed by atoms with Crippen LogP contribution in [0.5, 0.6) is 0 Å². The molecule has 1 aromatic heterocycles. The SMILES string of the molecule is Cc1cccc(CO[C@@H](CN2CCN(C(=O)c3c(-c4c(Cl)cccc4Cl)noc3C)CC2)c2ccc(Cl)cc2)c1. The Morgan fingerprint density at radius 2 is 1.62 bits per heavy atom. The third-order valence-corrected chi connectivity index (χ3v) is 8.02. The van der Waals surface area contributed by atoms with E-state index in [9.17, 15) is 4.79 Å². The zero-order chi connectivity index (χ0) is 28.2. The number of halogens is 3. The lowest BCUT2D eigenvalue weighted by molar-refractivity contribution is 0.00340. The normalized spacial score (nSPS) is 14.9. The Morgan fingerprint density at radius 1 is 0.950 bits per heavy atom. The summed E-state index contributed by atoms with van der Waals surface area (Å²) in [5.41, 5.74) is 4.66. The van der Waals surface area contributed by atoms with E-state index < -0.39 is 0 Å². The Labute approximate surface area is 249 Å². The van der Waals surface area contributed by atoms with Gasteiger partial charge in [0.15, 0.2) is 0 Å². The molecule has 6 nitrogen and oxygen atoms in total. The predicted molar refractivity (Wildman–Crippen MR) is 159 cm³/mol. The average molecular weight is 599 g/mol. The molecule has 0 radical (unpaired) electrons. The fourth-order valence-electron chi connectivity index (χ4n) is 4.98. The van der Waals surface area contributed by atoms with Gasteiger partial charge in [0.25, 0.3) is 5.91 Å². The van der Waals surface area contributed by atoms with Crippen LogP contribution in [0.1, 0.15) is 38.9 Å². The number of amides is 1. The van der Waals surface area contributed by atoms with Gasteiger partial charge in [-0.15, -0.1) is 0 Å². The highest BCUT2D eigenvalue weighted by atomic mass is 35.5. The smallest absolute Gasteiger partial charge is 0.259 e. The lowest BCUT2D eigenvalue weighted by Gasteiger charge is -2.36. The fraction of sp³-hybridized carbons (Fsp3) is 0.290. The summed E-state index contributed by atoms with van der Waals surface area (Å²) in [6.45, 7) is 7.54. The predicted octanol–water partition coefficient (Wildman–Crippen LogP) is 7.63. The molecule has 2 heterocycles. The maximum atomic E-state index is 13.7. The molecule has 1 aliphatic rings. The maximum absolute atomic E-state index is 13.7. The van der Waals surface area contributed by atoms with Crippen LogP contribution in [0.4, 0.5) is 0 Å². The van der Waals surface area contributed by atoms with Crippen molar-refractivity contribution in [1.82, 2.24) is 15.0 Å². The number of hydrogen-bond donors (Lipinski definition) is 0. The van der Waals surface area contributed by atoms with Gasteiger partial charge in [0, 0.05) is 43.3 Å². The molecule has 0 N–H and O–H groups in total. The van der Waals surface area contributed by atoms with Gasteiger partial charge in [0.2, 0.25) is 0 Å². The van der Waals surface area contributed by atoms with Crippen LogP contribution in [-0.4, -0.2) is 53.6 Å². The Bertz CT molecular complexity index is 1460. The number of aromatic nitrogens is 1. The monoisotopic (exact) mass is 597 g/mol. The van der Waals surface area contributed by atoms with Crippen LogP contribution in [0.15, 0.2) is 71.3 Å². The van der Waals surface area contributed by atoms with Crippen molar-refractivity contribution in [2.45, 2.75) is 26.6 Å². The average Bonchev–Trinajstić information content (AvgIpc) is 3.32. The molecule has 40 heavy (non-hydrogen) atoms. The number of aryl methyl sites for hydroxylation is 2. The summed E-state index contributed by atoms with van der Waals surface area (Å²) in [6.07, 6.45) is -0.144. The van der Waals surface area contributed by atoms with E-state index in [1.165, 1.54) is 5.56 Å². The number of piperazine rings is 1. The minimum atomic E-state index is -0.144. The molecule has 1 amide bonds. The molecule has 1 aliphatic heterocycles. The van der Waals surface area contributed by atoms with E-state index in [4.69, 9.17) is 44.1 Å². The second-order valence-electron chi connectivity index (χ2n) is 9.99. The van der Waals surface area contributed by atoms with Crippen LogP contribution >= 0.6 is 34.8 Å². The van der Waals surface area contributed by atoms with E-state index in [1.54, 1.807) is 25.1 Å². The lowest BCUT2D eigenvalue weighted by Crippen LogP contribution is -2.49. The van der Waals surface area contributed by atoms with E-state index >= 15 is 0 Å².